The van der Waals surface area contributed by atoms with Crippen molar-refractivity contribution in [3.05, 3.63) is 77.9 Å². The van der Waals surface area contributed by atoms with E-state index >= 15 is 0 Å². The van der Waals surface area contributed by atoms with Crippen LogP contribution in [-0.2, 0) is 0 Å². The maximum absolute atomic E-state index is 5.91. The Morgan fingerprint density at radius 3 is 2.30 bits per heavy atom. The number of ether oxygens (including phenoxy) is 3. The number of hydrogen-bond acceptors (Lipinski definition) is 5. The van der Waals surface area contributed by atoms with Crippen LogP contribution in [0.2, 0.25) is 0 Å². The molecule has 1 heterocycles. The molecule has 3 aromatic carbocycles. The number of allylic oxidation sites excluding steroid dienone is 1. The van der Waals surface area contributed by atoms with E-state index in [-0.39, 0.29) is 5.54 Å². The van der Waals surface area contributed by atoms with E-state index in [1.807, 2.05) is 54.7 Å². The normalized spacial score (nSPS) is 14.6. The quantitative estimate of drug-likeness (QED) is 0.390. The smallest absolute Gasteiger partial charge is 0.131 e. The monoisotopic (exact) mass is 442 g/mol. The van der Waals surface area contributed by atoms with E-state index in [4.69, 9.17) is 14.2 Å². The van der Waals surface area contributed by atoms with Gasteiger partial charge in [0.05, 0.1) is 25.4 Å². The molecule has 5 nitrogen and oxygen atoms in total. The third-order valence-corrected chi connectivity index (χ3v) is 6.03. The van der Waals surface area contributed by atoms with Gasteiger partial charge in [-0.15, -0.1) is 0 Å². The van der Waals surface area contributed by atoms with Crippen LogP contribution in [0, 0.1) is 0 Å². The largest absolute Gasteiger partial charge is 0.497 e. The molecule has 0 radical (unpaired) electrons. The van der Waals surface area contributed by atoms with Gasteiger partial charge in [-0.1, -0.05) is 12.1 Å². The summed E-state index contributed by atoms with van der Waals surface area (Å²) in [6, 6.07) is 19.4. The van der Waals surface area contributed by atoms with Crippen LogP contribution in [0.4, 0.5) is 11.4 Å². The summed E-state index contributed by atoms with van der Waals surface area (Å²) in [4.78, 5) is 6.95. The van der Waals surface area contributed by atoms with E-state index in [2.05, 4.69) is 55.9 Å². The fourth-order valence-corrected chi connectivity index (χ4v) is 4.02. The van der Waals surface area contributed by atoms with Gasteiger partial charge in [0.1, 0.15) is 23.0 Å². The molecule has 0 atom stereocenters. The molecule has 0 saturated heterocycles. The van der Waals surface area contributed by atoms with Crippen molar-refractivity contribution in [3.8, 4) is 23.0 Å². The Hall–Kier alpha value is -3.73. The van der Waals surface area contributed by atoms with Crippen LogP contribution in [0.1, 0.15) is 31.9 Å². The van der Waals surface area contributed by atoms with Crippen LogP contribution in [-0.4, -0.2) is 33.0 Å². The summed E-state index contributed by atoms with van der Waals surface area (Å²) < 4.78 is 16.8. The van der Waals surface area contributed by atoms with Crippen molar-refractivity contribution in [3.63, 3.8) is 0 Å². The minimum absolute atomic E-state index is 0.0492. The van der Waals surface area contributed by atoms with Gasteiger partial charge in [-0.3, -0.25) is 4.99 Å². The maximum Gasteiger partial charge on any atom is 0.131 e. The minimum atomic E-state index is -0.0492. The molecule has 0 saturated carbocycles. The Morgan fingerprint density at radius 1 is 0.879 bits per heavy atom. The van der Waals surface area contributed by atoms with Crippen LogP contribution >= 0.6 is 0 Å². The first-order chi connectivity index (χ1) is 15.8. The highest BCUT2D eigenvalue weighted by atomic mass is 16.5. The lowest BCUT2D eigenvalue weighted by atomic mass is 9.88. The highest BCUT2D eigenvalue weighted by Crippen LogP contribution is 2.41. The van der Waals surface area contributed by atoms with E-state index in [1.165, 1.54) is 11.1 Å². The fraction of sp³-hybridized carbons (Fsp3) is 0.250. The predicted molar refractivity (Wildman–Crippen MR) is 136 cm³/mol. The predicted octanol–water partition coefficient (Wildman–Crippen LogP) is 6.88. The first kappa shape index (κ1) is 22.5. The molecule has 0 unspecified atom stereocenters. The molecule has 0 aromatic heterocycles. The Morgan fingerprint density at radius 2 is 1.61 bits per heavy atom. The second-order valence-corrected chi connectivity index (χ2v) is 8.68. The van der Waals surface area contributed by atoms with Gasteiger partial charge in [-0.2, -0.15) is 0 Å². The van der Waals surface area contributed by atoms with Gasteiger partial charge >= 0.3 is 0 Å². The van der Waals surface area contributed by atoms with Crippen molar-refractivity contribution < 1.29 is 14.2 Å². The number of hydrogen-bond donors (Lipinski definition) is 0. The molecule has 1 aliphatic heterocycles. The SMILES string of the molecule is COc1cccc(Oc2ccc(N=Cc3cc4c(cc3OC)N(C)C(C)(C)C=C4C)cc2)c1. The zero-order chi connectivity index (χ0) is 23.6. The second-order valence-electron chi connectivity index (χ2n) is 8.68. The number of anilines is 1. The van der Waals surface area contributed by atoms with Crippen LogP contribution in [0.5, 0.6) is 23.0 Å². The first-order valence-corrected chi connectivity index (χ1v) is 10.9. The molecule has 5 heteroatoms. The van der Waals surface area contributed by atoms with Gasteiger partial charge in [-0.05, 0) is 68.8 Å². The maximum atomic E-state index is 5.91. The van der Waals surface area contributed by atoms with E-state index < -0.39 is 0 Å². The fourth-order valence-electron chi connectivity index (χ4n) is 4.02. The number of likely N-dealkylation sites (N-methyl/N-ethyl adjacent to an activating group) is 1. The number of rotatable bonds is 6. The number of benzene rings is 3. The molecule has 0 N–H and O–H groups in total. The van der Waals surface area contributed by atoms with Gasteiger partial charge in [0.2, 0.25) is 0 Å². The molecule has 1 aliphatic rings. The van der Waals surface area contributed by atoms with Gasteiger partial charge in [0, 0.05) is 42.2 Å². The lowest BCUT2D eigenvalue weighted by Gasteiger charge is -2.40. The second kappa shape index (κ2) is 9.02. The molecule has 0 fully saturated rings. The van der Waals surface area contributed by atoms with Crippen molar-refractivity contribution in [1.82, 2.24) is 0 Å². The Labute approximate surface area is 195 Å². The van der Waals surface area contributed by atoms with Crippen LogP contribution < -0.4 is 19.1 Å². The number of methoxy groups -OCH3 is 2. The Kier molecular flexibility index (Phi) is 6.14. The summed E-state index contributed by atoms with van der Waals surface area (Å²) in [6.45, 7) is 6.58. The van der Waals surface area contributed by atoms with E-state index in [9.17, 15) is 0 Å². The molecule has 3 aromatic rings. The lowest BCUT2D eigenvalue weighted by Crippen LogP contribution is -2.42. The topological polar surface area (TPSA) is 43.3 Å². The molecule has 33 heavy (non-hydrogen) atoms. The van der Waals surface area contributed by atoms with Gasteiger partial charge in [0.25, 0.3) is 0 Å². The highest BCUT2D eigenvalue weighted by Gasteiger charge is 2.29. The molecule has 0 amide bonds. The molecule has 4 rings (SSSR count). The summed E-state index contributed by atoms with van der Waals surface area (Å²) >= 11 is 0. The molecular weight excluding hydrogens is 412 g/mol. The summed E-state index contributed by atoms with van der Waals surface area (Å²) in [5.41, 5.74) is 5.33. The van der Waals surface area contributed by atoms with E-state index in [0.717, 1.165) is 39.9 Å². The van der Waals surface area contributed by atoms with Crippen molar-refractivity contribution in [1.29, 1.82) is 0 Å². The lowest BCUT2D eigenvalue weighted by molar-refractivity contribution is 0.409. The zero-order valence-electron chi connectivity index (χ0n) is 20.0. The van der Waals surface area contributed by atoms with Gasteiger partial charge in [0.15, 0.2) is 0 Å². The first-order valence-electron chi connectivity index (χ1n) is 10.9. The van der Waals surface area contributed by atoms with Gasteiger partial charge < -0.3 is 19.1 Å². The van der Waals surface area contributed by atoms with Crippen molar-refractivity contribution in [2.45, 2.75) is 26.3 Å². The Balaban J connectivity index is 1.56. The third-order valence-electron chi connectivity index (χ3n) is 6.03. The standard InChI is InChI=1S/C28H30N2O3/c1-19-17-28(2,3)30(4)26-16-27(32-6)20(14-25(19)26)18-29-21-10-12-22(13-11-21)33-24-9-7-8-23(15-24)31-5/h7-18H,1-6H3. The molecule has 0 bridgehead atoms. The van der Waals surface area contributed by atoms with E-state index in [1.54, 1.807) is 14.2 Å². The Bertz CT molecular complexity index is 1210. The van der Waals surface area contributed by atoms with Gasteiger partial charge in [-0.25, -0.2) is 0 Å². The number of nitrogens with zero attached hydrogens (tertiary/aromatic N) is 2. The van der Waals surface area contributed by atoms with E-state index in [0.29, 0.717) is 0 Å². The molecular formula is C28H30N2O3. The molecule has 170 valence electrons. The van der Waals surface area contributed by atoms with Crippen LogP contribution in [0.25, 0.3) is 5.57 Å². The third kappa shape index (κ3) is 4.72. The number of fused-ring (bicyclic) bond motifs is 1. The number of aliphatic imine (C=N–C) groups is 1. The summed E-state index contributed by atoms with van der Waals surface area (Å²) in [5.74, 6) is 3.02. The molecule has 0 spiro atoms. The summed E-state index contributed by atoms with van der Waals surface area (Å²) in [6.07, 6.45) is 4.15. The average molecular weight is 443 g/mol. The average Bonchev–Trinajstić information content (AvgIpc) is 2.81. The van der Waals surface area contributed by atoms with Crippen molar-refractivity contribution >= 4 is 23.2 Å². The molecule has 0 aliphatic carbocycles. The minimum Gasteiger partial charge on any atom is -0.497 e. The van der Waals surface area contributed by atoms with Crippen LogP contribution in [0.15, 0.2) is 71.7 Å². The summed E-state index contributed by atoms with van der Waals surface area (Å²) in [7, 11) is 5.45. The summed E-state index contributed by atoms with van der Waals surface area (Å²) in [5, 5.41) is 0. The van der Waals surface area contributed by atoms with Crippen LogP contribution in [0.3, 0.4) is 0 Å². The zero-order valence-corrected chi connectivity index (χ0v) is 20.0. The highest BCUT2D eigenvalue weighted by molar-refractivity contribution is 5.91. The van der Waals surface area contributed by atoms with Crippen molar-refractivity contribution in [2.75, 3.05) is 26.2 Å². The van der Waals surface area contributed by atoms with Crippen molar-refractivity contribution in [2.24, 2.45) is 4.99 Å².